The van der Waals surface area contributed by atoms with Crippen molar-refractivity contribution in [3.05, 3.63) is 59.1 Å². The van der Waals surface area contributed by atoms with E-state index in [2.05, 4.69) is 12.2 Å². The number of benzene rings is 2. The number of nitrogens with one attached hydrogen (secondary N) is 1. The summed E-state index contributed by atoms with van der Waals surface area (Å²) in [5.41, 5.74) is 2.07. The first-order valence-corrected chi connectivity index (χ1v) is 7.31. The molecule has 0 spiro atoms. The van der Waals surface area contributed by atoms with Gasteiger partial charge >= 0.3 is 0 Å². The molecule has 1 unspecified atom stereocenters. The molecule has 2 aromatic rings. The lowest BCUT2D eigenvalue weighted by atomic mass is 10.1. The van der Waals surface area contributed by atoms with Crippen molar-refractivity contribution in [1.29, 1.82) is 0 Å². The summed E-state index contributed by atoms with van der Waals surface area (Å²) in [7, 11) is 1.66. The zero-order valence-electron chi connectivity index (χ0n) is 12.3. The molecule has 2 rings (SSSR count). The second-order valence-electron chi connectivity index (χ2n) is 4.76. The van der Waals surface area contributed by atoms with E-state index in [4.69, 9.17) is 21.1 Å². The Morgan fingerprint density at radius 1 is 1.10 bits per heavy atom. The molecular weight excluding hydrogens is 286 g/mol. The van der Waals surface area contributed by atoms with Crippen LogP contribution >= 0.6 is 11.6 Å². The maximum atomic E-state index is 6.22. The van der Waals surface area contributed by atoms with E-state index in [0.717, 1.165) is 22.0 Å². The van der Waals surface area contributed by atoms with Crippen LogP contribution < -0.4 is 10.1 Å². The van der Waals surface area contributed by atoms with E-state index in [9.17, 15) is 0 Å². The molecule has 0 heterocycles. The zero-order valence-corrected chi connectivity index (χ0v) is 13.1. The summed E-state index contributed by atoms with van der Waals surface area (Å²) in [5.74, 6) is 0.823. The van der Waals surface area contributed by atoms with E-state index < -0.39 is 0 Å². The van der Waals surface area contributed by atoms with E-state index in [1.165, 1.54) is 0 Å². The fourth-order valence-electron chi connectivity index (χ4n) is 2.07. The van der Waals surface area contributed by atoms with Crippen LogP contribution in [-0.2, 0) is 4.74 Å². The third kappa shape index (κ3) is 4.66. The van der Waals surface area contributed by atoms with Crippen molar-refractivity contribution in [3.8, 4) is 5.75 Å². The Labute approximate surface area is 130 Å². The van der Waals surface area contributed by atoms with E-state index in [1.54, 1.807) is 7.11 Å². The van der Waals surface area contributed by atoms with Crippen molar-refractivity contribution < 1.29 is 9.47 Å². The van der Waals surface area contributed by atoms with Gasteiger partial charge in [-0.05, 0) is 30.7 Å². The molecule has 0 fully saturated rings. The smallest absolute Gasteiger partial charge is 0.121 e. The number of ether oxygens (including phenoxy) is 2. The summed E-state index contributed by atoms with van der Waals surface area (Å²) >= 11 is 6.22. The molecule has 21 heavy (non-hydrogen) atoms. The third-order valence-corrected chi connectivity index (χ3v) is 3.49. The number of anilines is 1. The van der Waals surface area contributed by atoms with Gasteiger partial charge in [-0.25, -0.2) is 0 Å². The fourth-order valence-corrected chi connectivity index (χ4v) is 2.37. The second kappa shape index (κ2) is 7.91. The monoisotopic (exact) mass is 305 g/mol. The maximum Gasteiger partial charge on any atom is 0.121 e. The Bertz CT molecular complexity index is 574. The van der Waals surface area contributed by atoms with E-state index in [0.29, 0.717) is 13.2 Å². The van der Waals surface area contributed by atoms with Gasteiger partial charge < -0.3 is 14.8 Å². The highest BCUT2D eigenvalue weighted by molar-refractivity contribution is 6.31. The lowest BCUT2D eigenvalue weighted by molar-refractivity contribution is 0.146. The minimum absolute atomic E-state index is 0.118. The molecule has 112 valence electrons. The van der Waals surface area contributed by atoms with Gasteiger partial charge in [0.1, 0.15) is 12.4 Å². The van der Waals surface area contributed by atoms with Gasteiger partial charge in [0.25, 0.3) is 0 Å². The van der Waals surface area contributed by atoms with Crippen molar-refractivity contribution in [2.75, 3.05) is 25.6 Å². The topological polar surface area (TPSA) is 30.5 Å². The first kappa shape index (κ1) is 15.7. The molecule has 0 radical (unpaired) electrons. The predicted octanol–water partition coefficient (Wildman–Crippen LogP) is 4.54. The van der Waals surface area contributed by atoms with Crippen LogP contribution in [0.25, 0.3) is 0 Å². The molecule has 0 aliphatic carbocycles. The van der Waals surface area contributed by atoms with Gasteiger partial charge in [-0.15, -0.1) is 0 Å². The van der Waals surface area contributed by atoms with Gasteiger partial charge in [0.15, 0.2) is 0 Å². The quantitative estimate of drug-likeness (QED) is 0.762. The van der Waals surface area contributed by atoms with Crippen LogP contribution in [0.15, 0.2) is 48.5 Å². The van der Waals surface area contributed by atoms with Gasteiger partial charge in [-0.1, -0.05) is 35.9 Å². The number of halogens is 1. The van der Waals surface area contributed by atoms with Gasteiger partial charge in [-0.3, -0.25) is 0 Å². The standard InChI is InChI=1S/C17H20ClNO2/c1-13(16-8-3-4-9-17(16)18)19-14-6-5-7-15(12-14)21-11-10-20-2/h3-9,12-13,19H,10-11H2,1-2H3. The average molecular weight is 306 g/mol. The molecule has 3 nitrogen and oxygen atoms in total. The molecule has 2 aromatic carbocycles. The highest BCUT2D eigenvalue weighted by Crippen LogP contribution is 2.27. The van der Waals surface area contributed by atoms with Crippen LogP contribution in [0, 0.1) is 0 Å². The minimum atomic E-state index is 0.118. The SMILES string of the molecule is COCCOc1cccc(NC(C)c2ccccc2Cl)c1. The normalized spacial score (nSPS) is 12.0. The number of hydrogen-bond donors (Lipinski definition) is 1. The lowest BCUT2D eigenvalue weighted by Crippen LogP contribution is -2.08. The summed E-state index contributed by atoms with van der Waals surface area (Å²) in [5, 5.41) is 4.20. The summed E-state index contributed by atoms with van der Waals surface area (Å²) in [4.78, 5) is 0. The molecular formula is C17H20ClNO2. The molecule has 1 atom stereocenters. The van der Waals surface area contributed by atoms with Gasteiger partial charge in [0.2, 0.25) is 0 Å². The Hall–Kier alpha value is -1.71. The molecule has 0 saturated carbocycles. The molecule has 4 heteroatoms. The van der Waals surface area contributed by atoms with Crippen LogP contribution in [0.3, 0.4) is 0 Å². The largest absolute Gasteiger partial charge is 0.491 e. The molecule has 0 aromatic heterocycles. The van der Waals surface area contributed by atoms with E-state index >= 15 is 0 Å². The van der Waals surface area contributed by atoms with Crippen LogP contribution in [0.2, 0.25) is 5.02 Å². The van der Waals surface area contributed by atoms with Gasteiger partial charge in [0.05, 0.1) is 6.61 Å². The summed E-state index contributed by atoms with van der Waals surface area (Å²) < 4.78 is 10.6. The summed E-state index contributed by atoms with van der Waals surface area (Å²) in [6.45, 7) is 3.20. The first-order chi connectivity index (χ1) is 10.2. The lowest BCUT2D eigenvalue weighted by Gasteiger charge is -2.17. The average Bonchev–Trinajstić information content (AvgIpc) is 2.48. The number of rotatable bonds is 7. The molecule has 0 aliphatic heterocycles. The van der Waals surface area contributed by atoms with Crippen LogP contribution in [0.1, 0.15) is 18.5 Å². The van der Waals surface area contributed by atoms with E-state index in [1.807, 2.05) is 48.5 Å². The van der Waals surface area contributed by atoms with Crippen LogP contribution in [-0.4, -0.2) is 20.3 Å². The molecule has 1 N–H and O–H groups in total. The van der Waals surface area contributed by atoms with Crippen molar-refractivity contribution >= 4 is 17.3 Å². The zero-order chi connectivity index (χ0) is 15.1. The Morgan fingerprint density at radius 3 is 2.67 bits per heavy atom. The van der Waals surface area contributed by atoms with E-state index in [-0.39, 0.29) is 6.04 Å². The van der Waals surface area contributed by atoms with Crippen molar-refractivity contribution in [1.82, 2.24) is 0 Å². The highest BCUT2D eigenvalue weighted by atomic mass is 35.5. The number of methoxy groups -OCH3 is 1. The molecule has 0 saturated heterocycles. The first-order valence-electron chi connectivity index (χ1n) is 6.93. The molecule has 0 amide bonds. The van der Waals surface area contributed by atoms with Gasteiger partial charge in [-0.2, -0.15) is 0 Å². The third-order valence-electron chi connectivity index (χ3n) is 3.15. The molecule has 0 bridgehead atoms. The minimum Gasteiger partial charge on any atom is -0.491 e. The second-order valence-corrected chi connectivity index (χ2v) is 5.16. The maximum absolute atomic E-state index is 6.22. The fraction of sp³-hybridized carbons (Fsp3) is 0.294. The Kier molecular flexibility index (Phi) is 5.90. The van der Waals surface area contributed by atoms with Crippen molar-refractivity contribution in [3.63, 3.8) is 0 Å². The predicted molar refractivity (Wildman–Crippen MR) is 87.3 cm³/mol. The van der Waals surface area contributed by atoms with Crippen molar-refractivity contribution in [2.45, 2.75) is 13.0 Å². The van der Waals surface area contributed by atoms with Gasteiger partial charge in [0, 0.05) is 29.9 Å². The Morgan fingerprint density at radius 2 is 1.90 bits per heavy atom. The summed E-state index contributed by atoms with van der Waals surface area (Å²) in [6.07, 6.45) is 0. The van der Waals surface area contributed by atoms with Crippen molar-refractivity contribution in [2.24, 2.45) is 0 Å². The van der Waals surface area contributed by atoms with Crippen LogP contribution in [0.4, 0.5) is 5.69 Å². The van der Waals surface area contributed by atoms with Crippen LogP contribution in [0.5, 0.6) is 5.75 Å². The highest BCUT2D eigenvalue weighted by Gasteiger charge is 2.09. The molecule has 0 aliphatic rings. The Balaban J connectivity index is 2.02. The number of hydrogen-bond acceptors (Lipinski definition) is 3. The summed E-state index contributed by atoms with van der Waals surface area (Å²) in [6, 6.07) is 15.8.